The van der Waals surface area contributed by atoms with Crippen LogP contribution in [0.2, 0.25) is 0 Å². The minimum atomic E-state index is -0.219. The van der Waals surface area contributed by atoms with Crippen molar-refractivity contribution in [3.8, 4) is 17.2 Å². The topological polar surface area (TPSA) is 74.6 Å². The Morgan fingerprint density at radius 2 is 1.88 bits per heavy atom. The molecule has 1 N–H and O–H groups in total. The molecule has 0 unspecified atom stereocenters. The van der Waals surface area contributed by atoms with Gasteiger partial charge in [-0.05, 0) is 43.4 Å². The molecule has 26 heavy (non-hydrogen) atoms. The molecule has 1 aromatic carbocycles. The van der Waals surface area contributed by atoms with Crippen molar-refractivity contribution in [1.29, 1.82) is 0 Å². The molecule has 7 heteroatoms. The third-order valence-electron chi connectivity index (χ3n) is 4.70. The van der Waals surface area contributed by atoms with E-state index in [2.05, 4.69) is 10.4 Å². The molecule has 7 nitrogen and oxygen atoms in total. The number of hydrogen-bond acceptors (Lipinski definition) is 5. The SMILES string of the molecule is COc1ccc(C(=O)NCCn2ncc3c2CCCC3)c(OC)c1OC. The van der Waals surface area contributed by atoms with Crippen molar-refractivity contribution in [3.05, 3.63) is 35.2 Å². The summed E-state index contributed by atoms with van der Waals surface area (Å²) in [5, 5.41) is 7.39. The van der Waals surface area contributed by atoms with E-state index < -0.39 is 0 Å². The second-order valence-electron chi connectivity index (χ2n) is 6.18. The minimum absolute atomic E-state index is 0.219. The third kappa shape index (κ3) is 3.47. The fourth-order valence-electron chi connectivity index (χ4n) is 3.40. The predicted molar refractivity (Wildman–Crippen MR) is 97.3 cm³/mol. The first-order valence-corrected chi connectivity index (χ1v) is 8.80. The zero-order valence-corrected chi connectivity index (χ0v) is 15.5. The van der Waals surface area contributed by atoms with Crippen molar-refractivity contribution in [2.75, 3.05) is 27.9 Å². The smallest absolute Gasteiger partial charge is 0.255 e. The maximum atomic E-state index is 12.6. The number of amides is 1. The Bertz CT molecular complexity index is 785. The van der Waals surface area contributed by atoms with E-state index in [1.807, 2.05) is 10.9 Å². The number of ether oxygens (including phenoxy) is 3. The van der Waals surface area contributed by atoms with E-state index in [0.717, 1.165) is 12.8 Å². The molecule has 0 bridgehead atoms. The molecule has 1 aliphatic rings. The lowest BCUT2D eigenvalue weighted by Gasteiger charge is -2.16. The van der Waals surface area contributed by atoms with Crippen LogP contribution < -0.4 is 19.5 Å². The second kappa shape index (κ2) is 8.12. The molecule has 0 aliphatic heterocycles. The lowest BCUT2D eigenvalue weighted by atomic mass is 9.98. The lowest BCUT2D eigenvalue weighted by molar-refractivity contribution is 0.0948. The lowest BCUT2D eigenvalue weighted by Crippen LogP contribution is -2.28. The van der Waals surface area contributed by atoms with Crippen LogP contribution in [0.25, 0.3) is 0 Å². The van der Waals surface area contributed by atoms with Gasteiger partial charge in [0.25, 0.3) is 5.91 Å². The summed E-state index contributed by atoms with van der Waals surface area (Å²) in [4.78, 5) is 12.6. The van der Waals surface area contributed by atoms with Gasteiger partial charge in [-0.3, -0.25) is 9.48 Å². The first-order valence-electron chi connectivity index (χ1n) is 8.80. The zero-order valence-electron chi connectivity index (χ0n) is 15.5. The fraction of sp³-hybridized carbons (Fsp3) is 0.474. The number of aryl methyl sites for hydroxylation is 1. The number of nitrogens with one attached hydrogen (secondary N) is 1. The van der Waals surface area contributed by atoms with E-state index in [1.165, 1.54) is 38.3 Å². The van der Waals surface area contributed by atoms with Gasteiger partial charge in [0, 0.05) is 12.2 Å². The van der Waals surface area contributed by atoms with E-state index >= 15 is 0 Å². The number of carbonyl (C=O) groups excluding carboxylic acids is 1. The van der Waals surface area contributed by atoms with Crippen LogP contribution >= 0.6 is 0 Å². The monoisotopic (exact) mass is 359 g/mol. The Kier molecular flexibility index (Phi) is 5.65. The van der Waals surface area contributed by atoms with Gasteiger partial charge in [0.05, 0.1) is 39.6 Å². The minimum Gasteiger partial charge on any atom is -0.493 e. The number of rotatable bonds is 7. The number of aromatic nitrogens is 2. The zero-order chi connectivity index (χ0) is 18.5. The Morgan fingerprint density at radius 3 is 2.62 bits per heavy atom. The first kappa shape index (κ1) is 18.1. The Labute approximate surface area is 153 Å². The van der Waals surface area contributed by atoms with Gasteiger partial charge in [-0.2, -0.15) is 5.10 Å². The summed E-state index contributed by atoms with van der Waals surface area (Å²) in [6, 6.07) is 3.37. The third-order valence-corrected chi connectivity index (χ3v) is 4.70. The van der Waals surface area contributed by atoms with Crippen molar-refractivity contribution < 1.29 is 19.0 Å². The molecule has 0 spiro atoms. The molecule has 1 heterocycles. The summed E-state index contributed by atoms with van der Waals surface area (Å²) in [5.74, 6) is 1.07. The highest BCUT2D eigenvalue weighted by molar-refractivity contribution is 5.98. The van der Waals surface area contributed by atoms with E-state index in [4.69, 9.17) is 14.2 Å². The molecule has 0 fully saturated rings. The first-order chi connectivity index (χ1) is 12.7. The van der Waals surface area contributed by atoms with Gasteiger partial charge in [-0.15, -0.1) is 0 Å². The van der Waals surface area contributed by atoms with Crippen LogP contribution in [-0.2, 0) is 19.4 Å². The van der Waals surface area contributed by atoms with E-state index in [1.54, 1.807) is 19.2 Å². The van der Waals surface area contributed by atoms with E-state index in [9.17, 15) is 4.79 Å². The molecule has 0 atom stereocenters. The van der Waals surface area contributed by atoms with Crippen LogP contribution in [-0.4, -0.2) is 43.6 Å². The Hall–Kier alpha value is -2.70. The summed E-state index contributed by atoms with van der Waals surface area (Å²) in [6.07, 6.45) is 6.55. The van der Waals surface area contributed by atoms with Crippen LogP contribution in [0.5, 0.6) is 17.2 Å². The van der Waals surface area contributed by atoms with Crippen LogP contribution in [0.1, 0.15) is 34.5 Å². The largest absolute Gasteiger partial charge is 0.493 e. The van der Waals surface area contributed by atoms with Gasteiger partial charge in [0.15, 0.2) is 11.5 Å². The molecule has 0 saturated heterocycles. The molecule has 3 rings (SSSR count). The summed E-state index contributed by atoms with van der Waals surface area (Å²) in [5.41, 5.74) is 3.05. The maximum absolute atomic E-state index is 12.6. The van der Waals surface area contributed by atoms with Crippen LogP contribution in [0.3, 0.4) is 0 Å². The second-order valence-corrected chi connectivity index (χ2v) is 6.18. The van der Waals surface area contributed by atoms with Crippen molar-refractivity contribution in [2.24, 2.45) is 0 Å². The van der Waals surface area contributed by atoms with Crippen molar-refractivity contribution in [2.45, 2.75) is 32.2 Å². The summed E-state index contributed by atoms with van der Waals surface area (Å²) < 4.78 is 18.0. The molecule has 0 radical (unpaired) electrons. The number of benzene rings is 1. The van der Waals surface area contributed by atoms with E-state index in [0.29, 0.717) is 35.9 Å². The molecule has 2 aromatic rings. The maximum Gasteiger partial charge on any atom is 0.255 e. The quantitative estimate of drug-likeness (QED) is 0.820. The Morgan fingerprint density at radius 1 is 1.12 bits per heavy atom. The van der Waals surface area contributed by atoms with Crippen molar-refractivity contribution >= 4 is 5.91 Å². The van der Waals surface area contributed by atoms with Gasteiger partial charge >= 0.3 is 0 Å². The molecule has 0 saturated carbocycles. The standard InChI is InChI=1S/C19H25N3O4/c1-24-16-9-8-14(17(25-2)18(16)26-3)19(23)20-10-11-22-15-7-5-4-6-13(15)12-21-22/h8-9,12H,4-7,10-11H2,1-3H3,(H,20,23). The van der Waals surface area contributed by atoms with Gasteiger partial charge in [0.1, 0.15) is 0 Å². The number of nitrogens with zero attached hydrogens (tertiary/aromatic N) is 2. The highest BCUT2D eigenvalue weighted by Crippen LogP contribution is 2.39. The van der Waals surface area contributed by atoms with Gasteiger partial charge in [0.2, 0.25) is 5.75 Å². The van der Waals surface area contributed by atoms with Crippen LogP contribution in [0, 0.1) is 0 Å². The van der Waals surface area contributed by atoms with Crippen LogP contribution in [0.4, 0.5) is 0 Å². The molecule has 140 valence electrons. The number of carbonyl (C=O) groups is 1. The summed E-state index contributed by atoms with van der Waals surface area (Å²) >= 11 is 0. The fourth-order valence-corrected chi connectivity index (χ4v) is 3.40. The van der Waals surface area contributed by atoms with Crippen LogP contribution in [0.15, 0.2) is 18.3 Å². The highest BCUT2D eigenvalue weighted by Gasteiger charge is 2.20. The Balaban J connectivity index is 1.68. The number of hydrogen-bond donors (Lipinski definition) is 1. The normalized spacial score (nSPS) is 13.0. The number of methoxy groups -OCH3 is 3. The molecule has 1 aromatic heterocycles. The van der Waals surface area contributed by atoms with Crippen molar-refractivity contribution in [1.82, 2.24) is 15.1 Å². The average molecular weight is 359 g/mol. The number of fused-ring (bicyclic) bond motifs is 1. The molecule has 1 amide bonds. The van der Waals surface area contributed by atoms with Crippen molar-refractivity contribution in [3.63, 3.8) is 0 Å². The van der Waals surface area contributed by atoms with Gasteiger partial charge in [-0.1, -0.05) is 0 Å². The van der Waals surface area contributed by atoms with Gasteiger partial charge in [-0.25, -0.2) is 0 Å². The summed E-state index contributed by atoms with van der Waals surface area (Å²) in [7, 11) is 4.56. The van der Waals surface area contributed by atoms with E-state index in [-0.39, 0.29) is 5.91 Å². The summed E-state index contributed by atoms with van der Waals surface area (Å²) in [6.45, 7) is 1.14. The highest BCUT2D eigenvalue weighted by atomic mass is 16.5. The molecular formula is C19H25N3O4. The predicted octanol–water partition coefficient (Wildman–Crippen LogP) is 2.22. The van der Waals surface area contributed by atoms with Gasteiger partial charge < -0.3 is 19.5 Å². The molecular weight excluding hydrogens is 334 g/mol. The molecule has 1 aliphatic carbocycles. The average Bonchev–Trinajstić information content (AvgIpc) is 3.09.